The zero-order chi connectivity index (χ0) is 21.5. The van der Waals surface area contributed by atoms with E-state index in [-0.39, 0.29) is 22.6 Å². The second-order valence-corrected chi connectivity index (χ2v) is 8.21. The summed E-state index contributed by atoms with van der Waals surface area (Å²) in [6.07, 6.45) is 0. The Labute approximate surface area is 189 Å². The summed E-state index contributed by atoms with van der Waals surface area (Å²) in [4.78, 5) is 25.5. The monoisotopic (exact) mass is 462 g/mol. The van der Waals surface area contributed by atoms with Gasteiger partial charge >= 0.3 is 0 Å². The lowest BCUT2D eigenvalue weighted by Gasteiger charge is -2.10. The van der Waals surface area contributed by atoms with Crippen molar-refractivity contribution in [3.8, 4) is 0 Å². The SMILES string of the molecule is COCCNC(=O)c1ccc(NC(=O)CSc2cccc3cccc(Cl)c23)cc1Cl. The molecule has 0 spiro atoms. The van der Waals surface area contributed by atoms with Crippen molar-refractivity contribution < 1.29 is 14.3 Å². The van der Waals surface area contributed by atoms with Crippen LogP contribution < -0.4 is 10.6 Å². The minimum absolute atomic E-state index is 0.183. The second kappa shape index (κ2) is 10.7. The maximum atomic E-state index is 12.4. The maximum absolute atomic E-state index is 12.4. The molecular weight excluding hydrogens is 443 g/mol. The van der Waals surface area contributed by atoms with Crippen LogP contribution >= 0.6 is 35.0 Å². The van der Waals surface area contributed by atoms with Gasteiger partial charge in [-0.15, -0.1) is 11.8 Å². The minimum Gasteiger partial charge on any atom is -0.383 e. The number of hydrogen-bond acceptors (Lipinski definition) is 4. The van der Waals surface area contributed by atoms with E-state index in [0.717, 1.165) is 15.7 Å². The highest BCUT2D eigenvalue weighted by atomic mass is 35.5. The fourth-order valence-electron chi connectivity index (χ4n) is 2.86. The highest BCUT2D eigenvalue weighted by Crippen LogP contribution is 2.33. The molecular formula is C22H20Cl2N2O3S. The predicted molar refractivity (Wildman–Crippen MR) is 124 cm³/mol. The van der Waals surface area contributed by atoms with Crippen LogP contribution in [0, 0.1) is 0 Å². The summed E-state index contributed by atoms with van der Waals surface area (Å²) in [6, 6.07) is 16.4. The number of methoxy groups -OCH3 is 1. The molecule has 0 fully saturated rings. The highest BCUT2D eigenvalue weighted by molar-refractivity contribution is 8.00. The Morgan fingerprint density at radius 2 is 1.80 bits per heavy atom. The molecule has 0 saturated carbocycles. The number of nitrogens with one attached hydrogen (secondary N) is 2. The molecule has 8 heteroatoms. The van der Waals surface area contributed by atoms with E-state index in [1.807, 2.05) is 36.4 Å². The molecule has 0 aliphatic rings. The third-order valence-electron chi connectivity index (χ3n) is 4.26. The Balaban J connectivity index is 1.62. The van der Waals surface area contributed by atoms with Crippen molar-refractivity contribution in [2.45, 2.75) is 4.90 Å². The standard InChI is InChI=1S/C22H20Cl2N2O3S/c1-29-11-10-25-22(28)16-9-8-15(12-18(16)24)26-20(27)13-30-19-7-3-5-14-4-2-6-17(23)21(14)19/h2-9,12H,10-11,13H2,1H3,(H,25,28)(H,26,27). The largest absolute Gasteiger partial charge is 0.383 e. The van der Waals surface area contributed by atoms with E-state index >= 15 is 0 Å². The van der Waals surface area contributed by atoms with Crippen LogP contribution in [0.25, 0.3) is 10.8 Å². The number of carbonyl (C=O) groups excluding carboxylic acids is 2. The molecule has 0 aliphatic carbocycles. The normalized spacial score (nSPS) is 10.8. The van der Waals surface area contributed by atoms with Crippen LogP contribution in [-0.2, 0) is 9.53 Å². The first-order chi connectivity index (χ1) is 14.5. The molecule has 0 aromatic heterocycles. The smallest absolute Gasteiger partial charge is 0.252 e. The Hall–Kier alpha value is -2.25. The topological polar surface area (TPSA) is 67.4 Å². The Bertz CT molecular complexity index is 1070. The summed E-state index contributed by atoms with van der Waals surface area (Å²) in [6.45, 7) is 0.802. The minimum atomic E-state index is -0.293. The first-order valence-corrected chi connectivity index (χ1v) is 10.9. The van der Waals surface area contributed by atoms with Gasteiger partial charge in [0, 0.05) is 34.6 Å². The maximum Gasteiger partial charge on any atom is 0.252 e. The van der Waals surface area contributed by atoms with E-state index in [1.54, 1.807) is 25.3 Å². The Morgan fingerprint density at radius 1 is 1.03 bits per heavy atom. The van der Waals surface area contributed by atoms with E-state index < -0.39 is 0 Å². The first-order valence-electron chi connectivity index (χ1n) is 9.16. The Kier molecular flexibility index (Phi) is 7.99. The van der Waals surface area contributed by atoms with Crippen molar-refractivity contribution in [1.29, 1.82) is 0 Å². The molecule has 2 amide bonds. The molecule has 3 rings (SSSR count). The van der Waals surface area contributed by atoms with Gasteiger partial charge in [0.2, 0.25) is 5.91 Å². The molecule has 0 radical (unpaired) electrons. The van der Waals surface area contributed by atoms with Gasteiger partial charge in [0.05, 0.1) is 22.9 Å². The predicted octanol–water partition coefficient (Wildman–Crippen LogP) is 5.25. The summed E-state index contributed by atoms with van der Waals surface area (Å²) in [5.41, 5.74) is 0.862. The number of amides is 2. The lowest BCUT2D eigenvalue weighted by molar-refractivity contribution is -0.113. The first kappa shape index (κ1) is 22.4. The Morgan fingerprint density at radius 3 is 2.53 bits per heavy atom. The zero-order valence-electron chi connectivity index (χ0n) is 16.2. The van der Waals surface area contributed by atoms with Crippen LogP contribution in [0.5, 0.6) is 0 Å². The number of benzene rings is 3. The molecule has 0 bridgehead atoms. The average molecular weight is 463 g/mol. The molecule has 156 valence electrons. The van der Waals surface area contributed by atoms with E-state index in [0.29, 0.717) is 29.4 Å². The van der Waals surface area contributed by atoms with Crippen molar-refractivity contribution in [2.75, 3.05) is 31.3 Å². The lowest BCUT2D eigenvalue weighted by atomic mass is 10.1. The summed E-state index contributed by atoms with van der Waals surface area (Å²) in [5, 5.41) is 8.39. The fraction of sp³-hybridized carbons (Fsp3) is 0.182. The summed E-state index contributed by atoms with van der Waals surface area (Å²) in [5.74, 6) is -0.267. The quantitative estimate of drug-likeness (QED) is 0.354. The van der Waals surface area contributed by atoms with E-state index in [1.165, 1.54) is 11.8 Å². The third kappa shape index (κ3) is 5.67. The highest BCUT2D eigenvalue weighted by Gasteiger charge is 2.12. The number of halogens is 2. The summed E-state index contributed by atoms with van der Waals surface area (Å²) >= 11 is 14.0. The number of fused-ring (bicyclic) bond motifs is 1. The van der Waals surface area contributed by atoms with Gasteiger partial charge in [-0.3, -0.25) is 9.59 Å². The number of rotatable bonds is 8. The van der Waals surface area contributed by atoms with Crippen LogP contribution in [-0.4, -0.2) is 37.8 Å². The van der Waals surface area contributed by atoms with Crippen molar-refractivity contribution in [3.63, 3.8) is 0 Å². The molecule has 0 saturated heterocycles. The van der Waals surface area contributed by atoms with Crippen LogP contribution in [0.4, 0.5) is 5.69 Å². The van der Waals surface area contributed by atoms with Crippen molar-refractivity contribution in [3.05, 3.63) is 70.2 Å². The van der Waals surface area contributed by atoms with Gasteiger partial charge in [-0.25, -0.2) is 0 Å². The molecule has 5 nitrogen and oxygen atoms in total. The number of hydrogen-bond donors (Lipinski definition) is 2. The van der Waals surface area contributed by atoms with Gasteiger partial charge in [-0.1, -0.05) is 47.5 Å². The van der Waals surface area contributed by atoms with Gasteiger partial charge in [0.15, 0.2) is 0 Å². The summed E-state index contributed by atoms with van der Waals surface area (Å²) in [7, 11) is 1.56. The van der Waals surface area contributed by atoms with Crippen LogP contribution in [0.1, 0.15) is 10.4 Å². The number of carbonyl (C=O) groups is 2. The number of anilines is 1. The zero-order valence-corrected chi connectivity index (χ0v) is 18.5. The van der Waals surface area contributed by atoms with E-state index in [9.17, 15) is 9.59 Å². The molecule has 0 aliphatic heterocycles. The molecule has 0 unspecified atom stereocenters. The van der Waals surface area contributed by atoms with Gasteiger partial charge < -0.3 is 15.4 Å². The third-order valence-corrected chi connectivity index (χ3v) is 5.95. The fourth-order valence-corrected chi connectivity index (χ4v) is 4.37. The second-order valence-electron chi connectivity index (χ2n) is 6.37. The van der Waals surface area contributed by atoms with E-state index in [4.69, 9.17) is 27.9 Å². The van der Waals surface area contributed by atoms with Crippen LogP contribution in [0.3, 0.4) is 0 Å². The van der Waals surface area contributed by atoms with Crippen molar-refractivity contribution in [2.24, 2.45) is 0 Å². The number of ether oxygens (including phenoxy) is 1. The van der Waals surface area contributed by atoms with Gasteiger partial charge in [0.1, 0.15) is 0 Å². The lowest BCUT2D eigenvalue weighted by Crippen LogP contribution is -2.27. The average Bonchev–Trinajstić information content (AvgIpc) is 2.72. The molecule has 0 heterocycles. The van der Waals surface area contributed by atoms with Gasteiger partial charge in [-0.05, 0) is 35.7 Å². The molecule has 0 atom stereocenters. The van der Waals surface area contributed by atoms with Crippen molar-refractivity contribution >= 4 is 63.2 Å². The van der Waals surface area contributed by atoms with Crippen LogP contribution in [0.2, 0.25) is 10.0 Å². The number of thioether (sulfide) groups is 1. The van der Waals surface area contributed by atoms with Crippen LogP contribution in [0.15, 0.2) is 59.5 Å². The summed E-state index contributed by atoms with van der Waals surface area (Å²) < 4.78 is 4.90. The van der Waals surface area contributed by atoms with Crippen molar-refractivity contribution in [1.82, 2.24) is 5.32 Å². The molecule has 3 aromatic carbocycles. The molecule has 3 aromatic rings. The van der Waals surface area contributed by atoms with Gasteiger partial charge in [0.25, 0.3) is 5.91 Å². The van der Waals surface area contributed by atoms with E-state index in [2.05, 4.69) is 10.6 Å². The molecule has 30 heavy (non-hydrogen) atoms. The molecule has 2 N–H and O–H groups in total. The van der Waals surface area contributed by atoms with Gasteiger partial charge in [-0.2, -0.15) is 0 Å².